The number of benzene rings is 2. The minimum Gasteiger partial charge on any atom is -0.455 e. The van der Waals surface area contributed by atoms with Gasteiger partial charge in [-0.3, -0.25) is 14.4 Å². The molecule has 11 heteroatoms. The molecule has 37 heavy (non-hydrogen) atoms. The van der Waals surface area contributed by atoms with Gasteiger partial charge in [0.1, 0.15) is 10.8 Å². The van der Waals surface area contributed by atoms with Crippen LogP contribution in [0.15, 0.2) is 46.9 Å². The highest BCUT2D eigenvalue weighted by atomic mass is 79.9. The zero-order valence-corrected chi connectivity index (χ0v) is 23.0. The Hall–Kier alpha value is -2.79. The molecule has 1 aliphatic heterocycles. The van der Waals surface area contributed by atoms with Gasteiger partial charge in [-0.05, 0) is 40.0 Å². The number of morpholine rings is 1. The predicted molar refractivity (Wildman–Crippen MR) is 144 cm³/mol. The van der Waals surface area contributed by atoms with Crippen molar-refractivity contribution >= 4 is 61.7 Å². The molecule has 2 heterocycles. The minimum atomic E-state index is -0.788. The van der Waals surface area contributed by atoms with Gasteiger partial charge in [0, 0.05) is 28.0 Å². The smallest absolute Gasteiger partial charge is 0.310 e. The largest absolute Gasteiger partial charge is 0.455 e. The van der Waals surface area contributed by atoms with E-state index in [4.69, 9.17) is 21.1 Å². The van der Waals surface area contributed by atoms with Crippen molar-refractivity contribution in [1.82, 2.24) is 4.90 Å². The predicted octanol–water partition coefficient (Wildman–Crippen LogP) is 5.48. The van der Waals surface area contributed by atoms with Crippen molar-refractivity contribution in [3.05, 3.63) is 74.5 Å². The van der Waals surface area contributed by atoms with Gasteiger partial charge in [-0.25, -0.2) is 4.39 Å². The van der Waals surface area contributed by atoms with E-state index in [0.29, 0.717) is 41.3 Å². The molecule has 0 atom stereocenters. The lowest BCUT2D eigenvalue weighted by Crippen LogP contribution is -2.41. The fourth-order valence-electron chi connectivity index (χ4n) is 3.87. The molecule has 4 rings (SSSR count). The van der Waals surface area contributed by atoms with Crippen molar-refractivity contribution in [1.29, 1.82) is 0 Å². The van der Waals surface area contributed by atoms with E-state index >= 15 is 0 Å². The Morgan fingerprint density at radius 2 is 1.86 bits per heavy atom. The zero-order chi connectivity index (χ0) is 26.5. The number of amides is 2. The number of hydrogen-bond acceptors (Lipinski definition) is 6. The Balaban J connectivity index is 1.49. The summed E-state index contributed by atoms with van der Waals surface area (Å²) in [5, 5.41) is 2.97. The molecule has 0 saturated carbocycles. The molecule has 1 aliphatic rings. The van der Waals surface area contributed by atoms with E-state index < -0.39 is 24.3 Å². The number of ether oxygens (including phenoxy) is 2. The molecule has 1 saturated heterocycles. The SMILES string of the molecule is Cc1c(-c2ccccc2)sc(NC(=O)COC(=O)Cc2ccc(Br)c(Cl)c2F)c1C(=O)N1CCOCC1. The van der Waals surface area contributed by atoms with Crippen LogP contribution in [-0.4, -0.2) is 55.6 Å². The van der Waals surface area contributed by atoms with E-state index in [0.717, 1.165) is 16.0 Å². The van der Waals surface area contributed by atoms with E-state index in [-0.39, 0.29) is 22.9 Å². The van der Waals surface area contributed by atoms with Gasteiger partial charge in [0.25, 0.3) is 11.8 Å². The first-order valence-electron chi connectivity index (χ1n) is 11.4. The first-order valence-corrected chi connectivity index (χ1v) is 13.4. The average Bonchev–Trinajstić information content (AvgIpc) is 3.23. The highest BCUT2D eigenvalue weighted by molar-refractivity contribution is 9.10. The van der Waals surface area contributed by atoms with E-state index in [2.05, 4.69) is 21.2 Å². The molecule has 0 radical (unpaired) electrons. The second-order valence-corrected chi connectivity index (χ2v) is 10.5. The monoisotopic (exact) mass is 608 g/mol. The molecular formula is C26H23BrClFN2O5S. The number of rotatable bonds is 7. The summed E-state index contributed by atoms with van der Waals surface area (Å²) in [4.78, 5) is 40.9. The summed E-state index contributed by atoms with van der Waals surface area (Å²) < 4.78 is 25.1. The van der Waals surface area contributed by atoms with E-state index in [9.17, 15) is 18.8 Å². The lowest BCUT2D eigenvalue weighted by Gasteiger charge is -2.27. The highest BCUT2D eigenvalue weighted by Crippen LogP contribution is 2.40. The van der Waals surface area contributed by atoms with Crippen LogP contribution >= 0.6 is 38.9 Å². The number of halogens is 3. The van der Waals surface area contributed by atoms with Crippen LogP contribution < -0.4 is 5.32 Å². The molecule has 1 aromatic heterocycles. The van der Waals surface area contributed by atoms with Crippen LogP contribution in [0.25, 0.3) is 10.4 Å². The molecule has 2 aromatic carbocycles. The van der Waals surface area contributed by atoms with Crippen molar-refractivity contribution in [2.45, 2.75) is 13.3 Å². The topological polar surface area (TPSA) is 84.9 Å². The number of esters is 1. The fourth-order valence-corrected chi connectivity index (χ4v) is 5.58. The lowest BCUT2D eigenvalue weighted by atomic mass is 10.1. The summed E-state index contributed by atoms with van der Waals surface area (Å²) in [5.41, 5.74) is 2.13. The summed E-state index contributed by atoms with van der Waals surface area (Å²) in [6.45, 7) is 3.06. The van der Waals surface area contributed by atoms with Gasteiger partial charge in [0.05, 0.1) is 30.2 Å². The number of carbonyl (C=O) groups excluding carboxylic acids is 3. The van der Waals surface area contributed by atoms with Crippen molar-refractivity contribution in [2.24, 2.45) is 0 Å². The first-order chi connectivity index (χ1) is 17.8. The van der Waals surface area contributed by atoms with Crippen LogP contribution in [0.4, 0.5) is 9.39 Å². The van der Waals surface area contributed by atoms with Gasteiger partial charge in [-0.2, -0.15) is 0 Å². The third kappa shape index (κ3) is 6.38. The first kappa shape index (κ1) is 27.3. The summed E-state index contributed by atoms with van der Waals surface area (Å²) in [5.74, 6) is -2.33. The Bertz CT molecular complexity index is 1330. The van der Waals surface area contributed by atoms with Crippen LogP contribution in [0.1, 0.15) is 21.5 Å². The van der Waals surface area contributed by atoms with Gasteiger partial charge in [0.2, 0.25) is 0 Å². The van der Waals surface area contributed by atoms with Crippen LogP contribution in [0.5, 0.6) is 0 Å². The lowest BCUT2D eigenvalue weighted by molar-refractivity contribution is -0.146. The third-order valence-corrected chi connectivity index (χ3v) is 8.28. The second kappa shape index (κ2) is 12.2. The Labute approximate surface area is 230 Å². The second-order valence-electron chi connectivity index (χ2n) is 8.25. The number of thiophene rings is 1. The van der Waals surface area contributed by atoms with Gasteiger partial charge in [-0.15, -0.1) is 11.3 Å². The maximum absolute atomic E-state index is 14.3. The Morgan fingerprint density at radius 3 is 2.57 bits per heavy atom. The molecular weight excluding hydrogens is 587 g/mol. The molecule has 0 aliphatic carbocycles. The molecule has 7 nitrogen and oxygen atoms in total. The Kier molecular flexibility index (Phi) is 8.96. The van der Waals surface area contributed by atoms with E-state index in [1.807, 2.05) is 37.3 Å². The molecule has 1 fully saturated rings. The van der Waals surface area contributed by atoms with E-state index in [1.165, 1.54) is 23.5 Å². The molecule has 2 amide bonds. The average molecular weight is 610 g/mol. The van der Waals surface area contributed by atoms with Crippen LogP contribution in [0, 0.1) is 12.7 Å². The molecule has 1 N–H and O–H groups in total. The zero-order valence-electron chi connectivity index (χ0n) is 19.8. The summed E-state index contributed by atoms with van der Waals surface area (Å²) in [6, 6.07) is 12.5. The maximum atomic E-state index is 14.3. The van der Waals surface area contributed by atoms with Crippen molar-refractivity contribution < 1.29 is 28.2 Å². The number of nitrogens with zero attached hydrogens (tertiary/aromatic N) is 1. The molecule has 3 aromatic rings. The minimum absolute atomic E-state index is 0.0541. The fraction of sp³-hybridized carbons (Fsp3) is 0.269. The standard InChI is InChI=1S/C26H23BrClFN2O5S/c1-15-21(26(34)31-9-11-35-12-10-31)25(37-24(15)16-5-3-2-4-6-16)30-19(32)14-36-20(33)13-17-7-8-18(27)22(28)23(17)29/h2-8H,9-14H2,1H3,(H,30,32). The third-order valence-electron chi connectivity index (χ3n) is 5.76. The van der Waals surface area contributed by atoms with Crippen LogP contribution in [0.3, 0.4) is 0 Å². The maximum Gasteiger partial charge on any atom is 0.310 e. The van der Waals surface area contributed by atoms with Crippen LogP contribution in [-0.2, 0) is 25.5 Å². The molecule has 194 valence electrons. The van der Waals surface area contributed by atoms with Crippen molar-refractivity contribution in [2.75, 3.05) is 38.2 Å². The summed E-state index contributed by atoms with van der Waals surface area (Å²) >= 11 is 10.3. The van der Waals surface area contributed by atoms with Crippen molar-refractivity contribution in [3.8, 4) is 10.4 Å². The summed E-state index contributed by atoms with van der Waals surface area (Å²) in [7, 11) is 0. The molecule has 0 unspecified atom stereocenters. The number of carbonyl (C=O) groups is 3. The van der Waals surface area contributed by atoms with Gasteiger partial charge in [0.15, 0.2) is 6.61 Å². The normalized spacial score (nSPS) is 13.4. The number of anilines is 1. The van der Waals surface area contributed by atoms with Crippen molar-refractivity contribution in [3.63, 3.8) is 0 Å². The quantitative estimate of drug-likeness (QED) is 0.284. The van der Waals surface area contributed by atoms with Gasteiger partial charge < -0.3 is 19.7 Å². The molecule has 0 spiro atoms. The van der Waals surface area contributed by atoms with Gasteiger partial charge in [-0.1, -0.05) is 48.0 Å². The van der Waals surface area contributed by atoms with Gasteiger partial charge >= 0.3 is 5.97 Å². The van der Waals surface area contributed by atoms with E-state index in [1.54, 1.807) is 4.90 Å². The summed E-state index contributed by atoms with van der Waals surface area (Å²) in [6.07, 6.45) is -0.386. The Morgan fingerprint density at radius 1 is 1.16 bits per heavy atom. The highest BCUT2D eigenvalue weighted by Gasteiger charge is 2.28. The number of hydrogen-bond donors (Lipinski definition) is 1. The van der Waals surface area contributed by atoms with Crippen LogP contribution in [0.2, 0.25) is 5.02 Å². The number of nitrogens with one attached hydrogen (secondary N) is 1. The molecule has 0 bridgehead atoms.